The quantitative estimate of drug-likeness (QED) is 0.782. The normalized spacial score (nSPS) is 16.1. The summed E-state index contributed by atoms with van der Waals surface area (Å²) in [5.41, 5.74) is 0.766. The molecule has 0 radical (unpaired) electrons. The Bertz CT molecular complexity index is 463. The predicted octanol–water partition coefficient (Wildman–Crippen LogP) is 1.56. The smallest absolute Gasteiger partial charge is 0.228 e. The minimum Gasteiger partial charge on any atom is -0.342 e. The van der Waals surface area contributed by atoms with Gasteiger partial charge in [-0.1, -0.05) is 44.2 Å². The molecule has 4 heteroatoms. The fourth-order valence-electron chi connectivity index (χ4n) is 2.64. The zero-order chi connectivity index (χ0) is 14.6. The van der Waals surface area contributed by atoms with Crippen LogP contribution in [0.25, 0.3) is 0 Å². The minimum atomic E-state index is -0.412. The van der Waals surface area contributed by atoms with Gasteiger partial charge in [0.05, 0.1) is 0 Å². The summed E-state index contributed by atoms with van der Waals surface area (Å²) in [6.07, 6.45) is 1.59. The maximum absolute atomic E-state index is 12.6. The summed E-state index contributed by atoms with van der Waals surface area (Å²) in [4.78, 5) is 26.9. The molecule has 1 heterocycles. The highest BCUT2D eigenvalue weighted by Crippen LogP contribution is 2.25. The molecule has 108 valence electrons. The lowest BCUT2D eigenvalue weighted by Gasteiger charge is -2.37. The van der Waals surface area contributed by atoms with E-state index in [1.165, 1.54) is 5.56 Å². The maximum atomic E-state index is 12.6. The van der Waals surface area contributed by atoms with Crippen LogP contribution in [0.3, 0.4) is 0 Å². The van der Waals surface area contributed by atoms with Gasteiger partial charge in [0, 0.05) is 31.6 Å². The summed E-state index contributed by atoms with van der Waals surface area (Å²) in [6.45, 7) is 6.53. The number of carbonyl (C=O) groups excluding carboxylic acids is 2. The average Bonchev–Trinajstić information content (AvgIpc) is 2.47. The number of benzene rings is 1. The summed E-state index contributed by atoms with van der Waals surface area (Å²) >= 11 is 0. The average molecular weight is 274 g/mol. The van der Waals surface area contributed by atoms with Crippen molar-refractivity contribution < 1.29 is 9.59 Å². The molecule has 0 saturated carbocycles. The van der Waals surface area contributed by atoms with Gasteiger partial charge in [-0.25, -0.2) is 0 Å². The SMILES string of the molecule is CC(C)(Cc1ccccc1)C(=O)N1CCN(C=O)CC1. The fourth-order valence-corrected chi connectivity index (χ4v) is 2.64. The zero-order valence-corrected chi connectivity index (χ0v) is 12.2. The van der Waals surface area contributed by atoms with Gasteiger partial charge in [-0.05, 0) is 12.0 Å². The zero-order valence-electron chi connectivity index (χ0n) is 12.2. The van der Waals surface area contributed by atoms with E-state index < -0.39 is 5.41 Å². The van der Waals surface area contributed by atoms with Gasteiger partial charge in [-0.15, -0.1) is 0 Å². The lowest BCUT2D eigenvalue weighted by Crippen LogP contribution is -2.52. The van der Waals surface area contributed by atoms with E-state index in [9.17, 15) is 9.59 Å². The van der Waals surface area contributed by atoms with Crippen molar-refractivity contribution in [1.29, 1.82) is 0 Å². The van der Waals surface area contributed by atoms with E-state index in [0.29, 0.717) is 26.2 Å². The van der Waals surface area contributed by atoms with Gasteiger partial charge >= 0.3 is 0 Å². The second-order valence-corrected chi connectivity index (χ2v) is 5.98. The Labute approximate surface area is 120 Å². The topological polar surface area (TPSA) is 40.6 Å². The van der Waals surface area contributed by atoms with Crippen LogP contribution in [0.15, 0.2) is 30.3 Å². The van der Waals surface area contributed by atoms with Crippen LogP contribution in [0.1, 0.15) is 19.4 Å². The van der Waals surface area contributed by atoms with Crippen LogP contribution in [0.5, 0.6) is 0 Å². The first kappa shape index (κ1) is 14.6. The summed E-state index contributed by atoms with van der Waals surface area (Å²) in [7, 11) is 0. The van der Waals surface area contributed by atoms with Crippen molar-refractivity contribution in [2.24, 2.45) is 5.41 Å². The Morgan fingerprint density at radius 3 is 2.30 bits per heavy atom. The van der Waals surface area contributed by atoms with E-state index >= 15 is 0 Å². The van der Waals surface area contributed by atoms with Gasteiger partial charge in [0.2, 0.25) is 12.3 Å². The molecule has 1 fully saturated rings. The number of rotatable bonds is 4. The number of carbonyl (C=O) groups is 2. The number of nitrogens with zero attached hydrogens (tertiary/aromatic N) is 2. The lowest BCUT2D eigenvalue weighted by atomic mass is 9.84. The molecule has 0 bridgehead atoms. The molecule has 2 rings (SSSR count). The summed E-state index contributed by atoms with van der Waals surface area (Å²) in [6, 6.07) is 10.1. The Hall–Kier alpha value is -1.84. The van der Waals surface area contributed by atoms with Gasteiger partial charge < -0.3 is 9.80 Å². The van der Waals surface area contributed by atoms with Crippen molar-refractivity contribution in [3.8, 4) is 0 Å². The third-order valence-corrected chi connectivity index (χ3v) is 3.82. The third-order valence-electron chi connectivity index (χ3n) is 3.82. The van der Waals surface area contributed by atoms with Crippen LogP contribution in [0.2, 0.25) is 0 Å². The van der Waals surface area contributed by atoms with Crippen LogP contribution in [-0.4, -0.2) is 48.3 Å². The summed E-state index contributed by atoms with van der Waals surface area (Å²) in [5, 5.41) is 0. The molecule has 0 unspecified atom stereocenters. The number of piperazine rings is 1. The molecule has 0 N–H and O–H groups in total. The first-order chi connectivity index (χ1) is 9.53. The molecule has 1 aliphatic heterocycles. The van der Waals surface area contributed by atoms with Crippen LogP contribution < -0.4 is 0 Å². The largest absolute Gasteiger partial charge is 0.342 e. The van der Waals surface area contributed by atoms with E-state index in [2.05, 4.69) is 12.1 Å². The highest BCUT2D eigenvalue weighted by atomic mass is 16.2. The van der Waals surface area contributed by atoms with Crippen LogP contribution >= 0.6 is 0 Å². The Morgan fingerprint density at radius 2 is 1.75 bits per heavy atom. The number of hydrogen-bond acceptors (Lipinski definition) is 2. The number of amides is 2. The highest BCUT2D eigenvalue weighted by Gasteiger charge is 2.33. The van der Waals surface area contributed by atoms with Crippen molar-refractivity contribution in [3.63, 3.8) is 0 Å². The van der Waals surface area contributed by atoms with Crippen molar-refractivity contribution in [1.82, 2.24) is 9.80 Å². The molecular weight excluding hydrogens is 252 g/mol. The highest BCUT2D eigenvalue weighted by molar-refractivity contribution is 5.82. The molecule has 0 spiro atoms. The van der Waals surface area contributed by atoms with Crippen molar-refractivity contribution in [2.75, 3.05) is 26.2 Å². The molecule has 1 saturated heterocycles. The second-order valence-electron chi connectivity index (χ2n) is 5.98. The molecule has 1 aromatic rings. The third kappa shape index (κ3) is 3.38. The standard InChI is InChI=1S/C16H22N2O2/c1-16(2,12-14-6-4-3-5-7-14)15(20)18-10-8-17(13-19)9-11-18/h3-7,13H,8-12H2,1-2H3. The summed E-state index contributed by atoms with van der Waals surface area (Å²) in [5.74, 6) is 0.173. The molecule has 1 aromatic carbocycles. The molecule has 4 nitrogen and oxygen atoms in total. The Balaban J connectivity index is 1.98. The predicted molar refractivity (Wildman–Crippen MR) is 78.1 cm³/mol. The molecule has 0 aliphatic carbocycles. The molecule has 20 heavy (non-hydrogen) atoms. The Kier molecular flexibility index (Phi) is 4.42. The fraction of sp³-hybridized carbons (Fsp3) is 0.500. The van der Waals surface area contributed by atoms with E-state index in [1.807, 2.05) is 36.9 Å². The molecule has 0 aromatic heterocycles. The van der Waals surface area contributed by atoms with Gasteiger partial charge in [0.15, 0.2) is 0 Å². The van der Waals surface area contributed by atoms with Gasteiger partial charge in [-0.2, -0.15) is 0 Å². The maximum Gasteiger partial charge on any atom is 0.228 e. The lowest BCUT2D eigenvalue weighted by molar-refractivity contribution is -0.143. The minimum absolute atomic E-state index is 0.173. The van der Waals surface area contributed by atoms with Crippen LogP contribution in [0, 0.1) is 5.41 Å². The second kappa shape index (κ2) is 6.07. The van der Waals surface area contributed by atoms with Crippen molar-refractivity contribution >= 4 is 12.3 Å². The van der Waals surface area contributed by atoms with Crippen LogP contribution in [0.4, 0.5) is 0 Å². The van der Waals surface area contributed by atoms with Gasteiger partial charge in [0.1, 0.15) is 0 Å². The first-order valence-corrected chi connectivity index (χ1v) is 7.05. The molecule has 0 atom stereocenters. The van der Waals surface area contributed by atoms with E-state index in [1.54, 1.807) is 4.90 Å². The van der Waals surface area contributed by atoms with E-state index in [-0.39, 0.29) is 5.91 Å². The van der Waals surface area contributed by atoms with Crippen molar-refractivity contribution in [2.45, 2.75) is 20.3 Å². The van der Waals surface area contributed by atoms with Gasteiger partial charge in [0.25, 0.3) is 0 Å². The van der Waals surface area contributed by atoms with Crippen LogP contribution in [-0.2, 0) is 16.0 Å². The van der Waals surface area contributed by atoms with Gasteiger partial charge in [-0.3, -0.25) is 9.59 Å². The van der Waals surface area contributed by atoms with Crippen molar-refractivity contribution in [3.05, 3.63) is 35.9 Å². The molecule has 1 aliphatic rings. The van der Waals surface area contributed by atoms with E-state index in [4.69, 9.17) is 0 Å². The first-order valence-electron chi connectivity index (χ1n) is 7.05. The molecular formula is C16H22N2O2. The van der Waals surface area contributed by atoms with E-state index in [0.717, 1.165) is 12.8 Å². The molecule has 2 amide bonds. The monoisotopic (exact) mass is 274 g/mol. The Morgan fingerprint density at radius 1 is 1.15 bits per heavy atom. The number of hydrogen-bond donors (Lipinski definition) is 0. The summed E-state index contributed by atoms with van der Waals surface area (Å²) < 4.78 is 0.